The minimum absolute atomic E-state index is 0. The summed E-state index contributed by atoms with van der Waals surface area (Å²) in [5, 5.41) is 0. The Morgan fingerprint density at radius 3 is 2.33 bits per heavy atom. The van der Waals surface area contributed by atoms with E-state index in [1.807, 2.05) is 6.08 Å². The van der Waals surface area contributed by atoms with Gasteiger partial charge in [0, 0.05) is 0 Å². The average molecular weight is 169 g/mol. The third-order valence-corrected chi connectivity index (χ3v) is 0.703. The van der Waals surface area contributed by atoms with Gasteiger partial charge >= 0.3 is 16.8 Å². The van der Waals surface area contributed by atoms with Gasteiger partial charge in [-0.1, -0.05) is 19.8 Å². The number of hydrogen-bond donors (Lipinski definition) is 0. The Morgan fingerprint density at radius 1 is 1.44 bits per heavy atom. The third kappa shape index (κ3) is 18.0. The van der Waals surface area contributed by atoms with Gasteiger partial charge in [0.05, 0.1) is 0 Å². The van der Waals surface area contributed by atoms with E-state index in [1.165, 1.54) is 6.42 Å². The molecule has 0 unspecified atom stereocenters. The molecule has 9 heavy (non-hydrogen) atoms. The zero-order valence-electron chi connectivity index (χ0n) is 6.06. The largest absolute Gasteiger partial charge is 2.00 e. The Labute approximate surface area is 69.2 Å². The van der Waals surface area contributed by atoms with Gasteiger partial charge in [-0.15, -0.1) is 0 Å². The van der Waals surface area contributed by atoms with Crippen LogP contribution in [0, 0.1) is 14.0 Å². The molecular formula is C8H14Co. The van der Waals surface area contributed by atoms with Crippen LogP contribution in [-0.4, -0.2) is 0 Å². The van der Waals surface area contributed by atoms with Crippen molar-refractivity contribution in [2.75, 3.05) is 0 Å². The van der Waals surface area contributed by atoms with Crippen molar-refractivity contribution in [3.05, 3.63) is 32.2 Å². The number of rotatable bonds is 3. The normalized spacial score (nSPS) is 7.67. The smallest absolute Gasteiger partial charge is 0.358 e. The van der Waals surface area contributed by atoms with Crippen LogP contribution in [0.2, 0.25) is 0 Å². The third-order valence-electron chi connectivity index (χ3n) is 0.703. The van der Waals surface area contributed by atoms with Gasteiger partial charge in [-0.3, -0.25) is 6.58 Å². The molecule has 0 rings (SSSR count). The predicted octanol–water partition coefficient (Wildman–Crippen LogP) is 2.78. The van der Waals surface area contributed by atoms with Crippen molar-refractivity contribution in [1.29, 1.82) is 0 Å². The summed E-state index contributed by atoms with van der Waals surface area (Å²) >= 11 is 0. The molecule has 0 aliphatic rings. The van der Waals surface area contributed by atoms with Crippen LogP contribution >= 0.6 is 0 Å². The summed E-state index contributed by atoms with van der Waals surface area (Å²) < 4.78 is 0. The van der Waals surface area contributed by atoms with E-state index in [0.717, 1.165) is 6.42 Å². The molecule has 0 amide bonds. The Bertz CT molecular complexity index is 65.0. The summed E-state index contributed by atoms with van der Waals surface area (Å²) in [7, 11) is 0. The molecule has 1 heteroatoms. The first kappa shape index (κ1) is 16.0. The Kier molecular flexibility index (Phi) is 27.9. The van der Waals surface area contributed by atoms with Gasteiger partial charge in [0.25, 0.3) is 0 Å². The molecule has 0 atom stereocenters. The first-order valence-electron chi connectivity index (χ1n) is 2.62. The first-order valence-corrected chi connectivity index (χ1v) is 2.62. The summed E-state index contributed by atoms with van der Waals surface area (Å²) in [5.74, 6) is 0. The van der Waals surface area contributed by atoms with E-state index in [4.69, 9.17) is 6.58 Å². The molecule has 0 aromatic heterocycles. The summed E-state index contributed by atoms with van der Waals surface area (Å²) in [5.41, 5.74) is 0. The zero-order chi connectivity index (χ0) is 5.54. The molecule has 0 N–H and O–H groups in total. The van der Waals surface area contributed by atoms with Gasteiger partial charge < -0.3 is 7.43 Å². The predicted molar refractivity (Wildman–Crippen MR) is 39.3 cm³/mol. The van der Waals surface area contributed by atoms with Crippen molar-refractivity contribution in [1.82, 2.24) is 0 Å². The molecule has 0 spiro atoms. The van der Waals surface area contributed by atoms with Crippen LogP contribution in [0.4, 0.5) is 0 Å². The summed E-state index contributed by atoms with van der Waals surface area (Å²) in [4.78, 5) is 0. The van der Waals surface area contributed by atoms with Gasteiger partial charge in [-0.2, -0.15) is 6.08 Å². The van der Waals surface area contributed by atoms with Crippen molar-refractivity contribution >= 4 is 0 Å². The standard InChI is InChI=1S/C7H11.CH3.Co/c1-3-5-7-6-4-2;;/h1,3,5,7H,4,6H2,2H3;1H3;/q2*-1;+2. The van der Waals surface area contributed by atoms with E-state index < -0.39 is 0 Å². The van der Waals surface area contributed by atoms with Crippen LogP contribution in [0.1, 0.15) is 19.8 Å². The Morgan fingerprint density at radius 2 is 2.00 bits per heavy atom. The van der Waals surface area contributed by atoms with Crippen molar-refractivity contribution < 1.29 is 16.8 Å². The molecule has 0 heterocycles. The van der Waals surface area contributed by atoms with Gasteiger partial charge in [0.15, 0.2) is 0 Å². The van der Waals surface area contributed by atoms with Crippen LogP contribution < -0.4 is 0 Å². The molecule has 0 fully saturated rings. The first-order chi connectivity index (χ1) is 3.41. The Hall–Kier alpha value is -0.0135. The summed E-state index contributed by atoms with van der Waals surface area (Å²) in [6.45, 7) is 7.20. The average Bonchev–Trinajstić information content (AvgIpc) is 1.69. The van der Waals surface area contributed by atoms with Gasteiger partial charge in [0.1, 0.15) is 0 Å². The molecular weight excluding hydrogens is 155 g/mol. The molecule has 55 valence electrons. The maximum atomic E-state index is 5.06. The van der Waals surface area contributed by atoms with Crippen molar-refractivity contribution in [3.63, 3.8) is 0 Å². The van der Waals surface area contributed by atoms with Crippen LogP contribution in [0.15, 0.2) is 18.2 Å². The number of allylic oxidation sites excluding steroid dienone is 3. The monoisotopic (exact) mass is 169 g/mol. The van der Waals surface area contributed by atoms with Crippen LogP contribution in [0.25, 0.3) is 0 Å². The maximum absolute atomic E-state index is 5.06. The molecule has 0 aliphatic carbocycles. The van der Waals surface area contributed by atoms with E-state index >= 15 is 0 Å². The minimum Gasteiger partial charge on any atom is -0.358 e. The van der Waals surface area contributed by atoms with Crippen LogP contribution in [-0.2, 0) is 16.8 Å². The van der Waals surface area contributed by atoms with Crippen molar-refractivity contribution in [2.24, 2.45) is 0 Å². The topological polar surface area (TPSA) is 0 Å². The molecule has 0 nitrogen and oxygen atoms in total. The fraction of sp³-hybridized carbons (Fsp3) is 0.375. The molecule has 0 saturated heterocycles. The molecule has 0 aliphatic heterocycles. The molecule has 0 aromatic carbocycles. The fourth-order valence-corrected chi connectivity index (χ4v) is 0.341. The van der Waals surface area contributed by atoms with E-state index in [-0.39, 0.29) is 24.2 Å². The molecule has 0 aromatic rings. The number of hydrogen-bond acceptors (Lipinski definition) is 0. The molecule has 0 saturated carbocycles. The van der Waals surface area contributed by atoms with Gasteiger partial charge in [0.2, 0.25) is 0 Å². The van der Waals surface area contributed by atoms with Gasteiger partial charge in [-0.25, -0.2) is 12.2 Å². The van der Waals surface area contributed by atoms with Crippen molar-refractivity contribution in [3.8, 4) is 0 Å². The fourth-order valence-electron chi connectivity index (χ4n) is 0.341. The second-order valence-electron chi connectivity index (χ2n) is 1.41. The van der Waals surface area contributed by atoms with Crippen LogP contribution in [0.3, 0.4) is 0 Å². The Balaban J connectivity index is -0.000000180. The summed E-state index contributed by atoms with van der Waals surface area (Å²) in [6.07, 6.45) is 7.80. The SMILES string of the molecule is [CH-]=CC=CCCC.[CH3-].[Co+2]. The van der Waals surface area contributed by atoms with Gasteiger partial charge in [-0.05, 0) is 0 Å². The maximum Gasteiger partial charge on any atom is 2.00 e. The quantitative estimate of drug-likeness (QED) is 0.450. The molecule has 1 radical (unpaired) electrons. The number of unbranched alkanes of at least 4 members (excludes halogenated alkanes) is 1. The summed E-state index contributed by atoms with van der Waals surface area (Å²) in [6, 6.07) is 0. The second-order valence-corrected chi connectivity index (χ2v) is 1.41. The zero-order valence-corrected chi connectivity index (χ0v) is 7.10. The second kappa shape index (κ2) is 15.7. The van der Waals surface area contributed by atoms with E-state index in [0.29, 0.717) is 0 Å². The molecule has 0 bridgehead atoms. The van der Waals surface area contributed by atoms with E-state index in [1.54, 1.807) is 6.08 Å². The minimum atomic E-state index is 0. The van der Waals surface area contributed by atoms with E-state index in [9.17, 15) is 0 Å². The van der Waals surface area contributed by atoms with Crippen molar-refractivity contribution in [2.45, 2.75) is 19.8 Å². The van der Waals surface area contributed by atoms with E-state index in [2.05, 4.69) is 13.0 Å². The van der Waals surface area contributed by atoms with Crippen LogP contribution in [0.5, 0.6) is 0 Å².